The first-order valence-electron chi connectivity index (χ1n) is 6.38. The molecule has 3 unspecified atom stereocenters. The molecule has 0 saturated heterocycles. The van der Waals surface area contributed by atoms with Gasteiger partial charge < -0.3 is 59.4 Å². The van der Waals surface area contributed by atoms with Crippen molar-refractivity contribution >= 4 is 73.7 Å². The average molecular weight is 838 g/mol. The third-order valence-electron chi connectivity index (χ3n) is 1.90. The molecule has 0 aromatic carbocycles. The average Bonchev–Trinajstić information content (AvgIpc) is 2.46. The fourth-order valence-corrected chi connectivity index (χ4v) is 1.17. The zero-order chi connectivity index (χ0) is 22.3. The molecule has 172 valence electrons. The summed E-state index contributed by atoms with van der Waals surface area (Å²) in [5, 5.41) is 54.5. The Balaban J connectivity index is -0.0000000960. The zero-order valence-corrected chi connectivity index (χ0v) is 20.7. The van der Waals surface area contributed by atoms with Crippen molar-refractivity contribution in [1.29, 1.82) is 0 Å². The summed E-state index contributed by atoms with van der Waals surface area (Å²) >= 11 is 10.1. The molecule has 0 aromatic heterocycles. The van der Waals surface area contributed by atoms with Crippen molar-refractivity contribution in [3.8, 4) is 0 Å². The van der Waals surface area contributed by atoms with Crippen LogP contribution in [0.2, 0.25) is 0 Å². The molecular formula is C12H12Au2O12S3. The van der Waals surface area contributed by atoms with Crippen molar-refractivity contribution in [1.82, 2.24) is 0 Å². The second-order valence-corrected chi connectivity index (χ2v) is 6.10. The second kappa shape index (κ2) is 22.0. The second-order valence-electron chi connectivity index (χ2n) is 4.23. The Morgan fingerprint density at radius 3 is 0.655 bits per heavy atom. The summed E-state index contributed by atoms with van der Waals surface area (Å²) in [6.07, 6.45) is -1.86. The molecule has 0 rings (SSSR count). The predicted octanol–water partition coefficient (Wildman–Crippen LogP) is -8.48. The van der Waals surface area contributed by atoms with E-state index in [-0.39, 0.29) is 44.8 Å². The van der Waals surface area contributed by atoms with Crippen LogP contribution in [0.5, 0.6) is 0 Å². The van der Waals surface area contributed by atoms with Gasteiger partial charge in [0.05, 0.1) is 17.9 Å². The Bertz CT molecular complexity index is 484. The van der Waals surface area contributed by atoms with Crippen molar-refractivity contribution in [3.63, 3.8) is 0 Å². The largest absolute Gasteiger partial charge is 3.00 e. The maximum Gasteiger partial charge on any atom is 3.00 e. The molecule has 0 aliphatic rings. The van der Waals surface area contributed by atoms with E-state index >= 15 is 0 Å². The van der Waals surface area contributed by atoms with E-state index in [1.165, 1.54) is 0 Å². The predicted molar refractivity (Wildman–Crippen MR) is 82.2 cm³/mol. The van der Waals surface area contributed by atoms with Crippen LogP contribution in [0.3, 0.4) is 0 Å². The van der Waals surface area contributed by atoms with Gasteiger partial charge in [-0.25, -0.2) is 0 Å². The Labute approximate surface area is 211 Å². The maximum absolute atomic E-state index is 9.76. The first-order valence-corrected chi connectivity index (χ1v) is 7.92. The Hall–Kier alpha value is -0.649. The smallest absolute Gasteiger partial charge is 0.550 e. The van der Waals surface area contributed by atoms with Gasteiger partial charge in [0.15, 0.2) is 0 Å². The molecule has 0 spiro atoms. The molecule has 3 atom stereocenters. The Morgan fingerprint density at radius 2 is 0.621 bits per heavy atom. The third-order valence-corrected chi connectivity index (χ3v) is 3.08. The Kier molecular flexibility index (Phi) is 29.6. The molecule has 0 fully saturated rings. The van der Waals surface area contributed by atoms with E-state index in [2.05, 4.69) is 37.9 Å². The fourth-order valence-electron chi connectivity index (χ4n) is 0.724. The molecule has 0 aliphatic carbocycles. The van der Waals surface area contributed by atoms with Crippen molar-refractivity contribution in [2.45, 2.75) is 35.0 Å². The van der Waals surface area contributed by atoms with Crippen LogP contribution in [0.25, 0.3) is 0 Å². The number of rotatable bonds is 9. The standard InChI is InChI=1S/3C4H6O4S.2Au/c3*5-3(6)1-2(9)4(7)8;;/h3*2,9H,1H2,(H,5,6)(H,7,8);;/q;;;2*+3/p-6. The van der Waals surface area contributed by atoms with Gasteiger partial charge in [0.25, 0.3) is 0 Å². The summed E-state index contributed by atoms with van der Waals surface area (Å²) < 4.78 is 0. The molecule has 0 aliphatic heterocycles. The van der Waals surface area contributed by atoms with E-state index in [0.717, 1.165) is 0 Å². The van der Waals surface area contributed by atoms with Gasteiger partial charge in [-0.05, 0) is 0 Å². The van der Waals surface area contributed by atoms with Crippen LogP contribution in [0.15, 0.2) is 0 Å². The maximum atomic E-state index is 9.76. The van der Waals surface area contributed by atoms with Gasteiger partial charge in [-0.15, -0.1) is 0 Å². The Morgan fingerprint density at radius 1 is 0.483 bits per heavy atom. The molecule has 0 bridgehead atoms. The summed E-state index contributed by atoms with van der Waals surface area (Å²) in [6, 6.07) is 0. The molecular weight excluding hydrogens is 826 g/mol. The van der Waals surface area contributed by atoms with Crippen LogP contribution in [-0.4, -0.2) is 51.6 Å². The summed E-state index contributed by atoms with van der Waals surface area (Å²) in [7, 11) is 0. The number of carboxylic acid groups (broad SMARTS) is 6. The van der Waals surface area contributed by atoms with Crippen LogP contribution in [0.4, 0.5) is 0 Å². The molecule has 0 N–H and O–H groups in total. The van der Waals surface area contributed by atoms with Gasteiger partial charge in [0, 0.05) is 52.9 Å². The third kappa shape index (κ3) is 32.2. The number of thiol groups is 3. The molecule has 0 aromatic rings. The number of carboxylic acids is 6. The number of carbonyl (C=O) groups excluding carboxylic acids is 6. The molecule has 12 nitrogen and oxygen atoms in total. The van der Waals surface area contributed by atoms with E-state index in [0.29, 0.717) is 0 Å². The van der Waals surface area contributed by atoms with Crippen LogP contribution in [0, 0.1) is 0 Å². The molecule has 0 radical (unpaired) electrons. The monoisotopic (exact) mass is 838 g/mol. The summed E-state index contributed by atoms with van der Waals surface area (Å²) in [5.41, 5.74) is 0. The molecule has 0 saturated carbocycles. The summed E-state index contributed by atoms with van der Waals surface area (Å²) in [4.78, 5) is 58.3. The molecule has 0 amide bonds. The summed E-state index contributed by atoms with van der Waals surface area (Å²) in [6.45, 7) is 0. The van der Waals surface area contributed by atoms with Gasteiger partial charge >= 0.3 is 44.8 Å². The van der Waals surface area contributed by atoms with Crippen LogP contribution in [-0.2, 0) is 73.5 Å². The first kappa shape index (κ1) is 38.9. The van der Waals surface area contributed by atoms with Gasteiger partial charge in [-0.1, -0.05) is 0 Å². The van der Waals surface area contributed by atoms with Crippen molar-refractivity contribution in [2.24, 2.45) is 0 Å². The van der Waals surface area contributed by atoms with Crippen molar-refractivity contribution < 1.29 is 104 Å². The van der Waals surface area contributed by atoms with E-state index in [4.69, 9.17) is 0 Å². The van der Waals surface area contributed by atoms with E-state index in [1.807, 2.05) is 0 Å². The number of hydrogen-bond acceptors (Lipinski definition) is 15. The molecule has 29 heavy (non-hydrogen) atoms. The first-order chi connectivity index (χ1) is 12.1. The quantitative estimate of drug-likeness (QED) is 0.145. The number of aliphatic carboxylic acids is 6. The van der Waals surface area contributed by atoms with Crippen LogP contribution < -0.4 is 30.6 Å². The topological polar surface area (TPSA) is 241 Å². The summed E-state index contributed by atoms with van der Waals surface area (Å²) in [5.74, 6) is -8.83. The number of carbonyl (C=O) groups is 6. The van der Waals surface area contributed by atoms with Gasteiger partial charge in [-0.2, -0.15) is 37.9 Å². The van der Waals surface area contributed by atoms with E-state index in [9.17, 15) is 59.4 Å². The minimum Gasteiger partial charge on any atom is -0.550 e. The minimum atomic E-state index is -1.50. The minimum absolute atomic E-state index is 0. The molecule has 17 heteroatoms. The normalized spacial score (nSPS) is 11.7. The van der Waals surface area contributed by atoms with E-state index in [1.54, 1.807) is 0 Å². The van der Waals surface area contributed by atoms with Crippen LogP contribution in [0.1, 0.15) is 19.3 Å². The fraction of sp³-hybridized carbons (Fsp3) is 0.500. The van der Waals surface area contributed by atoms with E-state index < -0.39 is 70.8 Å². The van der Waals surface area contributed by atoms with Crippen molar-refractivity contribution in [3.05, 3.63) is 0 Å². The molecule has 0 heterocycles. The van der Waals surface area contributed by atoms with Gasteiger partial charge in [0.2, 0.25) is 0 Å². The number of hydrogen-bond donors (Lipinski definition) is 3. The van der Waals surface area contributed by atoms with Crippen molar-refractivity contribution in [2.75, 3.05) is 0 Å². The SMILES string of the molecule is O=C([O-])CC(S)C(=O)[O-].O=C([O-])CC(S)C(=O)[O-].O=C([O-])CC(S)C(=O)[O-].[Au+3].[Au+3]. The van der Waals surface area contributed by atoms with Crippen LogP contribution >= 0.6 is 37.9 Å². The zero-order valence-electron chi connectivity index (χ0n) is 13.7. The van der Waals surface area contributed by atoms with Gasteiger partial charge in [0.1, 0.15) is 0 Å². The van der Waals surface area contributed by atoms with Gasteiger partial charge in [-0.3, -0.25) is 0 Å².